The van der Waals surface area contributed by atoms with E-state index in [0.717, 1.165) is 26.1 Å². The molecule has 72 valence electrons. The van der Waals surface area contributed by atoms with Gasteiger partial charge in [0.25, 0.3) is 0 Å². The second-order valence-electron chi connectivity index (χ2n) is 2.67. The number of amides is 1. The van der Waals surface area contributed by atoms with Crippen LogP contribution in [0.25, 0.3) is 0 Å². The molecule has 0 spiro atoms. The van der Waals surface area contributed by atoms with Crippen molar-refractivity contribution >= 4 is 6.09 Å². The molecule has 0 atom stereocenters. The molecule has 0 saturated heterocycles. The van der Waals surface area contributed by atoms with Gasteiger partial charge in [0.15, 0.2) is 0 Å². The van der Waals surface area contributed by atoms with Crippen molar-refractivity contribution in [2.75, 3.05) is 26.2 Å². The summed E-state index contributed by atoms with van der Waals surface area (Å²) in [5.41, 5.74) is 0. The lowest BCUT2D eigenvalue weighted by Crippen LogP contribution is -2.34. The Morgan fingerprint density at radius 1 is 1.42 bits per heavy atom. The summed E-state index contributed by atoms with van der Waals surface area (Å²) in [6.45, 7) is 7.54. The SMILES string of the molecule is CCCN(CC)CCNC(=O)O. The van der Waals surface area contributed by atoms with E-state index in [-0.39, 0.29) is 0 Å². The van der Waals surface area contributed by atoms with Crippen molar-refractivity contribution in [3.63, 3.8) is 0 Å². The number of hydrogen-bond acceptors (Lipinski definition) is 2. The highest BCUT2D eigenvalue weighted by molar-refractivity contribution is 5.64. The molecule has 0 heterocycles. The molecule has 0 bridgehead atoms. The summed E-state index contributed by atoms with van der Waals surface area (Å²) < 4.78 is 0. The molecule has 0 aliphatic rings. The second-order valence-corrected chi connectivity index (χ2v) is 2.67. The average Bonchev–Trinajstić information content (AvgIpc) is 2.02. The fourth-order valence-electron chi connectivity index (χ4n) is 1.07. The van der Waals surface area contributed by atoms with Crippen molar-refractivity contribution < 1.29 is 9.90 Å². The lowest BCUT2D eigenvalue weighted by atomic mass is 10.4. The monoisotopic (exact) mass is 174 g/mol. The van der Waals surface area contributed by atoms with E-state index in [9.17, 15) is 4.79 Å². The molecule has 4 nitrogen and oxygen atoms in total. The predicted molar refractivity (Wildman–Crippen MR) is 48.4 cm³/mol. The summed E-state index contributed by atoms with van der Waals surface area (Å²) in [5.74, 6) is 0. The zero-order valence-corrected chi connectivity index (χ0v) is 7.84. The van der Waals surface area contributed by atoms with Crippen LogP contribution in [-0.4, -0.2) is 42.3 Å². The fraction of sp³-hybridized carbons (Fsp3) is 0.875. The molecule has 0 aromatic heterocycles. The topological polar surface area (TPSA) is 52.6 Å². The van der Waals surface area contributed by atoms with Gasteiger partial charge < -0.3 is 15.3 Å². The lowest BCUT2D eigenvalue weighted by Gasteiger charge is -2.18. The first kappa shape index (κ1) is 11.2. The molecule has 0 aliphatic heterocycles. The molecule has 0 aliphatic carbocycles. The minimum atomic E-state index is -0.942. The van der Waals surface area contributed by atoms with E-state index < -0.39 is 6.09 Å². The van der Waals surface area contributed by atoms with Gasteiger partial charge >= 0.3 is 6.09 Å². The van der Waals surface area contributed by atoms with Crippen LogP contribution in [-0.2, 0) is 0 Å². The molecular formula is C8H18N2O2. The van der Waals surface area contributed by atoms with E-state index in [1.165, 1.54) is 0 Å². The van der Waals surface area contributed by atoms with E-state index in [0.29, 0.717) is 6.54 Å². The minimum absolute atomic E-state index is 0.517. The van der Waals surface area contributed by atoms with Crippen molar-refractivity contribution in [2.45, 2.75) is 20.3 Å². The van der Waals surface area contributed by atoms with Crippen molar-refractivity contribution in [2.24, 2.45) is 0 Å². The first-order chi connectivity index (χ1) is 5.70. The van der Waals surface area contributed by atoms with Crippen LogP contribution in [0, 0.1) is 0 Å². The van der Waals surface area contributed by atoms with Crippen LogP contribution in [0.15, 0.2) is 0 Å². The molecule has 0 aromatic rings. The van der Waals surface area contributed by atoms with Crippen LogP contribution < -0.4 is 5.32 Å². The fourth-order valence-corrected chi connectivity index (χ4v) is 1.07. The number of carbonyl (C=O) groups is 1. The number of nitrogens with zero attached hydrogens (tertiary/aromatic N) is 1. The summed E-state index contributed by atoms with van der Waals surface area (Å²) in [6, 6.07) is 0. The lowest BCUT2D eigenvalue weighted by molar-refractivity contribution is 0.191. The van der Waals surface area contributed by atoms with Gasteiger partial charge in [-0.05, 0) is 19.5 Å². The maximum atomic E-state index is 10.1. The summed E-state index contributed by atoms with van der Waals surface area (Å²) in [5, 5.41) is 10.6. The summed E-state index contributed by atoms with van der Waals surface area (Å²) in [6.07, 6.45) is 0.170. The Bertz CT molecular complexity index is 128. The summed E-state index contributed by atoms with van der Waals surface area (Å²) >= 11 is 0. The third-order valence-corrected chi connectivity index (χ3v) is 1.69. The van der Waals surface area contributed by atoms with E-state index in [1.807, 2.05) is 0 Å². The highest BCUT2D eigenvalue weighted by atomic mass is 16.4. The molecule has 0 radical (unpaired) electrons. The van der Waals surface area contributed by atoms with Crippen molar-refractivity contribution in [3.05, 3.63) is 0 Å². The Hall–Kier alpha value is -0.770. The molecule has 12 heavy (non-hydrogen) atoms. The maximum absolute atomic E-state index is 10.1. The molecular weight excluding hydrogens is 156 g/mol. The number of carboxylic acid groups (broad SMARTS) is 1. The predicted octanol–water partition coefficient (Wildman–Crippen LogP) is 0.986. The number of likely N-dealkylation sites (N-methyl/N-ethyl adjacent to an activating group) is 1. The van der Waals surface area contributed by atoms with Gasteiger partial charge in [-0.3, -0.25) is 0 Å². The van der Waals surface area contributed by atoms with Gasteiger partial charge in [0.05, 0.1) is 0 Å². The Morgan fingerprint density at radius 2 is 2.08 bits per heavy atom. The number of rotatable bonds is 6. The van der Waals surface area contributed by atoms with Gasteiger partial charge in [0.2, 0.25) is 0 Å². The number of nitrogens with one attached hydrogen (secondary N) is 1. The average molecular weight is 174 g/mol. The Morgan fingerprint density at radius 3 is 2.50 bits per heavy atom. The quantitative estimate of drug-likeness (QED) is 0.631. The van der Waals surface area contributed by atoms with Crippen molar-refractivity contribution in [1.82, 2.24) is 10.2 Å². The van der Waals surface area contributed by atoms with Gasteiger partial charge in [0, 0.05) is 13.1 Å². The van der Waals surface area contributed by atoms with Gasteiger partial charge in [0.1, 0.15) is 0 Å². The van der Waals surface area contributed by atoms with Crippen LogP contribution in [0.2, 0.25) is 0 Å². The molecule has 0 fully saturated rings. The zero-order valence-electron chi connectivity index (χ0n) is 7.84. The van der Waals surface area contributed by atoms with Gasteiger partial charge in [-0.1, -0.05) is 13.8 Å². The molecule has 0 aromatic carbocycles. The Balaban J connectivity index is 3.37. The third kappa shape index (κ3) is 5.97. The van der Waals surface area contributed by atoms with Crippen LogP contribution >= 0.6 is 0 Å². The van der Waals surface area contributed by atoms with E-state index in [4.69, 9.17) is 5.11 Å². The van der Waals surface area contributed by atoms with Gasteiger partial charge in [-0.2, -0.15) is 0 Å². The molecule has 0 saturated carbocycles. The van der Waals surface area contributed by atoms with E-state index in [1.54, 1.807) is 0 Å². The van der Waals surface area contributed by atoms with E-state index >= 15 is 0 Å². The highest BCUT2D eigenvalue weighted by Crippen LogP contribution is 1.88. The highest BCUT2D eigenvalue weighted by Gasteiger charge is 2.00. The molecule has 0 unspecified atom stereocenters. The summed E-state index contributed by atoms with van der Waals surface area (Å²) in [4.78, 5) is 12.3. The van der Waals surface area contributed by atoms with Crippen LogP contribution in [0.4, 0.5) is 4.79 Å². The van der Waals surface area contributed by atoms with Crippen LogP contribution in [0.5, 0.6) is 0 Å². The normalized spacial score (nSPS) is 10.2. The second kappa shape index (κ2) is 6.91. The largest absolute Gasteiger partial charge is 0.465 e. The number of hydrogen-bond donors (Lipinski definition) is 2. The zero-order chi connectivity index (χ0) is 9.40. The minimum Gasteiger partial charge on any atom is -0.465 e. The van der Waals surface area contributed by atoms with Gasteiger partial charge in [-0.25, -0.2) is 4.79 Å². The third-order valence-electron chi connectivity index (χ3n) is 1.69. The smallest absolute Gasteiger partial charge is 0.404 e. The summed E-state index contributed by atoms with van der Waals surface area (Å²) in [7, 11) is 0. The molecule has 4 heteroatoms. The van der Waals surface area contributed by atoms with Gasteiger partial charge in [-0.15, -0.1) is 0 Å². The standard InChI is InChI=1S/C8H18N2O2/c1-3-6-10(4-2)7-5-9-8(11)12/h9H,3-7H2,1-2H3,(H,11,12). The van der Waals surface area contributed by atoms with E-state index in [2.05, 4.69) is 24.1 Å². The van der Waals surface area contributed by atoms with Crippen LogP contribution in [0.1, 0.15) is 20.3 Å². The first-order valence-corrected chi connectivity index (χ1v) is 4.39. The van der Waals surface area contributed by atoms with Crippen molar-refractivity contribution in [3.8, 4) is 0 Å². The Kier molecular flexibility index (Phi) is 6.47. The van der Waals surface area contributed by atoms with Crippen LogP contribution in [0.3, 0.4) is 0 Å². The molecule has 0 rings (SSSR count). The first-order valence-electron chi connectivity index (χ1n) is 4.39. The Labute approximate surface area is 73.6 Å². The molecule has 2 N–H and O–H groups in total. The maximum Gasteiger partial charge on any atom is 0.404 e. The van der Waals surface area contributed by atoms with Crippen molar-refractivity contribution in [1.29, 1.82) is 0 Å². The molecule has 1 amide bonds.